The molecule has 0 atom stereocenters. The number of carbonyl (C=O) groups excluding carboxylic acids is 1. The molecule has 2 aromatic rings. The molecule has 1 amide bonds. The van der Waals surface area contributed by atoms with Crippen LogP contribution < -0.4 is 5.32 Å². The van der Waals surface area contributed by atoms with Gasteiger partial charge < -0.3 is 14.8 Å². The van der Waals surface area contributed by atoms with Gasteiger partial charge in [-0.15, -0.1) is 0 Å². The van der Waals surface area contributed by atoms with Gasteiger partial charge in [0.1, 0.15) is 5.76 Å². The predicted molar refractivity (Wildman–Crippen MR) is 79.5 cm³/mol. The molecule has 1 heterocycles. The maximum Gasteiger partial charge on any atom is 0.335 e. The van der Waals surface area contributed by atoms with Gasteiger partial charge in [-0.3, -0.25) is 4.79 Å². The van der Waals surface area contributed by atoms with E-state index in [1.165, 1.54) is 18.4 Å². The lowest BCUT2D eigenvalue weighted by atomic mass is 10.1. The maximum atomic E-state index is 12.2. The minimum absolute atomic E-state index is 0.0507. The summed E-state index contributed by atoms with van der Waals surface area (Å²) in [5, 5.41) is 11.6. The molecule has 0 saturated carbocycles. The molecule has 0 aliphatic rings. The molecule has 0 radical (unpaired) electrons. The van der Waals surface area contributed by atoms with E-state index in [9.17, 15) is 9.59 Å². The average Bonchev–Trinajstić information content (AvgIpc) is 2.90. The lowest BCUT2D eigenvalue weighted by molar-refractivity contribution is 0.0696. The predicted octanol–water partition coefficient (Wildman–Crippen LogP) is 4.10. The Kier molecular flexibility index (Phi) is 4.55. The van der Waals surface area contributed by atoms with Crippen LogP contribution in [0.2, 0.25) is 10.0 Å². The fourth-order valence-corrected chi connectivity index (χ4v) is 2.40. The van der Waals surface area contributed by atoms with Crippen molar-refractivity contribution in [1.29, 1.82) is 0 Å². The number of anilines is 1. The van der Waals surface area contributed by atoms with Gasteiger partial charge in [-0.05, 0) is 18.2 Å². The molecule has 1 aromatic heterocycles. The van der Waals surface area contributed by atoms with Crippen molar-refractivity contribution >= 4 is 40.8 Å². The van der Waals surface area contributed by atoms with E-state index < -0.39 is 11.9 Å². The number of hydrogen-bond donors (Lipinski definition) is 2. The van der Waals surface area contributed by atoms with Crippen LogP contribution in [0, 0.1) is 0 Å². The number of rotatable bonds is 4. The monoisotopic (exact) mass is 327 g/mol. The van der Waals surface area contributed by atoms with Crippen molar-refractivity contribution in [1.82, 2.24) is 0 Å². The van der Waals surface area contributed by atoms with Gasteiger partial charge in [0.25, 0.3) is 5.91 Å². The van der Waals surface area contributed by atoms with Gasteiger partial charge in [0.05, 0.1) is 33.1 Å². The SMILES string of the molecule is CCc1occc1C(=O)Nc1c(Cl)cc(C(=O)O)cc1Cl. The molecule has 1 aromatic carbocycles. The molecule has 0 aliphatic carbocycles. The molecule has 0 spiro atoms. The van der Waals surface area contributed by atoms with Crippen molar-refractivity contribution in [2.45, 2.75) is 13.3 Å². The van der Waals surface area contributed by atoms with E-state index in [2.05, 4.69) is 5.32 Å². The van der Waals surface area contributed by atoms with Crippen LogP contribution in [0.25, 0.3) is 0 Å². The molecule has 0 saturated heterocycles. The van der Waals surface area contributed by atoms with E-state index in [-0.39, 0.29) is 21.3 Å². The highest BCUT2D eigenvalue weighted by molar-refractivity contribution is 6.40. The van der Waals surface area contributed by atoms with Gasteiger partial charge >= 0.3 is 5.97 Å². The van der Waals surface area contributed by atoms with Gasteiger partial charge in [-0.1, -0.05) is 30.1 Å². The highest BCUT2D eigenvalue weighted by Crippen LogP contribution is 2.32. The van der Waals surface area contributed by atoms with Crippen LogP contribution in [0.4, 0.5) is 5.69 Å². The Bertz CT molecular complexity index is 686. The lowest BCUT2D eigenvalue weighted by Crippen LogP contribution is -2.14. The minimum Gasteiger partial charge on any atom is -0.478 e. The number of carboxylic acids is 1. The van der Waals surface area contributed by atoms with E-state index >= 15 is 0 Å². The third-order valence-corrected chi connectivity index (χ3v) is 3.43. The highest BCUT2D eigenvalue weighted by atomic mass is 35.5. The second-order valence-corrected chi connectivity index (χ2v) is 5.00. The number of benzene rings is 1. The zero-order valence-corrected chi connectivity index (χ0v) is 12.5. The molecule has 5 nitrogen and oxygen atoms in total. The summed E-state index contributed by atoms with van der Waals surface area (Å²) in [6.07, 6.45) is 1.99. The first-order valence-corrected chi connectivity index (χ1v) is 6.79. The summed E-state index contributed by atoms with van der Waals surface area (Å²) in [5.74, 6) is -1.03. The number of aromatic carboxylic acids is 1. The summed E-state index contributed by atoms with van der Waals surface area (Å²) < 4.78 is 5.18. The van der Waals surface area contributed by atoms with E-state index in [0.29, 0.717) is 17.7 Å². The molecule has 110 valence electrons. The Labute approximate surface area is 130 Å². The highest BCUT2D eigenvalue weighted by Gasteiger charge is 2.18. The topological polar surface area (TPSA) is 79.5 Å². The van der Waals surface area contributed by atoms with Crippen LogP contribution >= 0.6 is 23.2 Å². The maximum absolute atomic E-state index is 12.2. The molecule has 21 heavy (non-hydrogen) atoms. The summed E-state index contributed by atoms with van der Waals surface area (Å²) in [6.45, 7) is 1.86. The van der Waals surface area contributed by atoms with Crippen LogP contribution in [0.15, 0.2) is 28.9 Å². The van der Waals surface area contributed by atoms with Gasteiger partial charge in [-0.25, -0.2) is 4.79 Å². The van der Waals surface area contributed by atoms with Crippen LogP contribution in [0.5, 0.6) is 0 Å². The Morgan fingerprint density at radius 1 is 1.29 bits per heavy atom. The van der Waals surface area contributed by atoms with Crippen LogP contribution in [-0.4, -0.2) is 17.0 Å². The largest absolute Gasteiger partial charge is 0.478 e. The van der Waals surface area contributed by atoms with Crippen molar-refractivity contribution in [3.8, 4) is 0 Å². The Balaban J connectivity index is 2.32. The Hall–Kier alpha value is -1.98. The van der Waals surface area contributed by atoms with E-state index in [4.69, 9.17) is 32.7 Å². The quantitative estimate of drug-likeness (QED) is 0.885. The van der Waals surface area contributed by atoms with Crippen LogP contribution in [0.1, 0.15) is 33.4 Å². The van der Waals surface area contributed by atoms with E-state index in [1.807, 2.05) is 6.92 Å². The average molecular weight is 328 g/mol. The van der Waals surface area contributed by atoms with Gasteiger partial charge in [0, 0.05) is 6.42 Å². The van der Waals surface area contributed by atoms with Crippen molar-refractivity contribution in [2.75, 3.05) is 5.32 Å². The van der Waals surface area contributed by atoms with Crippen molar-refractivity contribution < 1.29 is 19.1 Å². The number of aryl methyl sites for hydroxylation is 1. The second-order valence-electron chi connectivity index (χ2n) is 4.19. The van der Waals surface area contributed by atoms with Crippen molar-refractivity contribution in [2.24, 2.45) is 0 Å². The third kappa shape index (κ3) is 3.20. The smallest absolute Gasteiger partial charge is 0.335 e. The first-order valence-electron chi connectivity index (χ1n) is 6.04. The zero-order chi connectivity index (χ0) is 15.6. The molecule has 0 unspecified atom stereocenters. The number of hydrogen-bond acceptors (Lipinski definition) is 3. The van der Waals surface area contributed by atoms with Gasteiger partial charge in [0.2, 0.25) is 0 Å². The summed E-state index contributed by atoms with van der Waals surface area (Å²) >= 11 is 11.9. The molecule has 0 fully saturated rings. The number of nitrogens with one attached hydrogen (secondary N) is 1. The number of carbonyl (C=O) groups is 2. The van der Waals surface area contributed by atoms with Crippen molar-refractivity contribution in [3.63, 3.8) is 0 Å². The fraction of sp³-hybridized carbons (Fsp3) is 0.143. The third-order valence-electron chi connectivity index (χ3n) is 2.84. The molecular weight excluding hydrogens is 317 g/mol. The van der Waals surface area contributed by atoms with Gasteiger partial charge in [0.15, 0.2) is 0 Å². The van der Waals surface area contributed by atoms with Crippen molar-refractivity contribution in [3.05, 3.63) is 51.4 Å². The zero-order valence-electron chi connectivity index (χ0n) is 10.9. The molecule has 2 N–H and O–H groups in total. The van der Waals surface area contributed by atoms with Crippen LogP contribution in [0.3, 0.4) is 0 Å². The minimum atomic E-state index is -1.15. The normalized spacial score (nSPS) is 10.4. The molecule has 0 bridgehead atoms. The van der Waals surface area contributed by atoms with Crippen LogP contribution in [-0.2, 0) is 6.42 Å². The first-order chi connectivity index (χ1) is 9.93. The Morgan fingerprint density at radius 2 is 1.90 bits per heavy atom. The lowest BCUT2D eigenvalue weighted by Gasteiger charge is -2.10. The summed E-state index contributed by atoms with van der Waals surface area (Å²) in [5.41, 5.74) is 0.490. The summed E-state index contributed by atoms with van der Waals surface area (Å²) in [6, 6.07) is 3.99. The number of halogens is 2. The Morgan fingerprint density at radius 3 is 2.43 bits per heavy atom. The van der Waals surface area contributed by atoms with Gasteiger partial charge in [-0.2, -0.15) is 0 Å². The number of amides is 1. The van der Waals surface area contributed by atoms with E-state index in [1.54, 1.807) is 6.07 Å². The summed E-state index contributed by atoms with van der Waals surface area (Å²) in [4.78, 5) is 23.1. The first kappa shape index (κ1) is 15.4. The molecule has 7 heteroatoms. The second kappa shape index (κ2) is 6.20. The molecule has 2 rings (SSSR count). The standard InChI is InChI=1S/C14H11Cl2NO4/c1-2-11-8(3-4-21-11)13(18)17-12-9(15)5-7(14(19)20)6-10(12)16/h3-6H,2H2,1H3,(H,17,18)(H,19,20). The molecule has 0 aliphatic heterocycles. The summed E-state index contributed by atoms with van der Waals surface area (Å²) in [7, 11) is 0. The fourth-order valence-electron chi connectivity index (χ4n) is 1.81. The number of carboxylic acid groups (broad SMARTS) is 1. The van der Waals surface area contributed by atoms with E-state index in [0.717, 1.165) is 0 Å². The molecular formula is C14H11Cl2NO4. The number of furan rings is 1.